The molecule has 0 amide bonds. The Kier molecular flexibility index (Phi) is 3.94. The molecule has 3 rings (SSSR count). The lowest BCUT2D eigenvalue weighted by Crippen LogP contribution is -1.88. The van der Waals surface area contributed by atoms with E-state index in [1.807, 2.05) is 45.9 Å². The number of pyridine rings is 1. The van der Waals surface area contributed by atoms with Crippen LogP contribution in [-0.2, 0) is 0 Å². The molecule has 0 N–H and O–H groups in total. The van der Waals surface area contributed by atoms with Crippen LogP contribution in [0.4, 0.5) is 15.9 Å². The summed E-state index contributed by atoms with van der Waals surface area (Å²) in [6, 6.07) is 9.04. The number of aromatic nitrogens is 2. The zero-order valence-electron chi connectivity index (χ0n) is 13.7. The van der Waals surface area contributed by atoms with Gasteiger partial charge < -0.3 is 0 Å². The second-order valence-corrected chi connectivity index (χ2v) is 5.99. The molecule has 0 spiro atoms. The molecule has 5 heteroatoms. The summed E-state index contributed by atoms with van der Waals surface area (Å²) in [7, 11) is 0. The van der Waals surface area contributed by atoms with Crippen LogP contribution in [0, 0.1) is 19.7 Å². The number of hydrogen-bond acceptors (Lipinski definition) is 3. The van der Waals surface area contributed by atoms with Crippen LogP contribution in [0.1, 0.15) is 36.6 Å². The fourth-order valence-electron chi connectivity index (χ4n) is 2.57. The van der Waals surface area contributed by atoms with Gasteiger partial charge in [-0.2, -0.15) is 0 Å². The molecule has 4 nitrogen and oxygen atoms in total. The van der Waals surface area contributed by atoms with E-state index in [9.17, 15) is 4.39 Å². The summed E-state index contributed by atoms with van der Waals surface area (Å²) in [5.74, 6) is 0.427. The molecule has 0 saturated heterocycles. The zero-order valence-corrected chi connectivity index (χ0v) is 13.7. The molecule has 3 aromatic rings. The molecule has 0 aliphatic heterocycles. The number of aryl methyl sites for hydroxylation is 2. The van der Waals surface area contributed by atoms with Crippen LogP contribution in [0.3, 0.4) is 0 Å². The molecule has 0 aliphatic rings. The van der Waals surface area contributed by atoms with Gasteiger partial charge in [-0.3, -0.25) is 4.40 Å². The Labute approximate surface area is 134 Å². The van der Waals surface area contributed by atoms with Crippen LogP contribution >= 0.6 is 0 Å². The highest BCUT2D eigenvalue weighted by Crippen LogP contribution is 2.31. The lowest BCUT2D eigenvalue weighted by molar-refractivity contribution is 0.619. The molecule has 0 fully saturated rings. The Bertz CT molecular complexity index is 873. The van der Waals surface area contributed by atoms with Crippen molar-refractivity contribution in [2.24, 2.45) is 10.2 Å². The number of fused-ring (bicyclic) bond motifs is 1. The summed E-state index contributed by atoms with van der Waals surface area (Å²) < 4.78 is 15.3. The van der Waals surface area contributed by atoms with Crippen molar-refractivity contribution in [1.29, 1.82) is 0 Å². The topological polar surface area (TPSA) is 42.0 Å². The first kappa shape index (κ1) is 15.3. The van der Waals surface area contributed by atoms with Gasteiger partial charge in [0.2, 0.25) is 0 Å². The maximum absolute atomic E-state index is 13.6. The van der Waals surface area contributed by atoms with Crippen LogP contribution in [0.5, 0.6) is 0 Å². The van der Waals surface area contributed by atoms with Crippen LogP contribution in [0.25, 0.3) is 5.65 Å². The van der Waals surface area contributed by atoms with Crippen molar-refractivity contribution >= 4 is 17.2 Å². The molecule has 0 radical (unpaired) electrons. The third-order valence-electron chi connectivity index (χ3n) is 3.81. The molecular weight excluding hydrogens is 291 g/mol. The molecule has 2 heterocycles. The largest absolute Gasteiger partial charge is 0.280 e. The van der Waals surface area contributed by atoms with E-state index in [4.69, 9.17) is 0 Å². The summed E-state index contributed by atoms with van der Waals surface area (Å²) in [6.07, 6.45) is 1.40. The number of rotatable bonds is 3. The molecule has 1 aromatic carbocycles. The highest BCUT2D eigenvalue weighted by atomic mass is 19.1. The van der Waals surface area contributed by atoms with Crippen molar-refractivity contribution in [1.82, 2.24) is 9.38 Å². The number of imidazole rings is 1. The number of nitrogens with zero attached hydrogens (tertiary/aromatic N) is 4. The van der Waals surface area contributed by atoms with Gasteiger partial charge in [-0.15, -0.1) is 10.2 Å². The van der Waals surface area contributed by atoms with Gasteiger partial charge in [0.1, 0.15) is 11.5 Å². The Balaban J connectivity index is 2.17. The maximum Gasteiger partial charge on any atom is 0.183 e. The molecule has 2 aromatic heterocycles. The van der Waals surface area contributed by atoms with Crippen molar-refractivity contribution in [3.63, 3.8) is 0 Å². The van der Waals surface area contributed by atoms with Crippen LogP contribution in [0.2, 0.25) is 0 Å². The summed E-state index contributed by atoms with van der Waals surface area (Å²) in [5, 5.41) is 8.82. The van der Waals surface area contributed by atoms with Gasteiger partial charge in [0.15, 0.2) is 5.82 Å². The van der Waals surface area contributed by atoms with Gasteiger partial charge in [0.05, 0.1) is 11.4 Å². The highest BCUT2D eigenvalue weighted by Gasteiger charge is 2.15. The van der Waals surface area contributed by atoms with E-state index in [1.165, 1.54) is 12.3 Å². The monoisotopic (exact) mass is 310 g/mol. The van der Waals surface area contributed by atoms with Crippen molar-refractivity contribution in [2.45, 2.75) is 33.6 Å². The lowest BCUT2D eigenvalue weighted by Gasteiger charge is -2.04. The maximum atomic E-state index is 13.6. The van der Waals surface area contributed by atoms with E-state index < -0.39 is 0 Å². The minimum absolute atomic E-state index is 0.171. The number of hydrogen-bond donors (Lipinski definition) is 0. The van der Waals surface area contributed by atoms with Crippen LogP contribution < -0.4 is 0 Å². The van der Waals surface area contributed by atoms with Crippen molar-refractivity contribution in [3.8, 4) is 0 Å². The Hall–Kier alpha value is -2.56. The minimum atomic E-state index is -0.325. The predicted molar refractivity (Wildman–Crippen MR) is 89.3 cm³/mol. The molecule has 118 valence electrons. The zero-order chi connectivity index (χ0) is 16.6. The van der Waals surface area contributed by atoms with E-state index >= 15 is 0 Å². The summed E-state index contributed by atoms with van der Waals surface area (Å²) in [5.41, 5.74) is 4.43. The van der Waals surface area contributed by atoms with Crippen LogP contribution in [-0.4, -0.2) is 9.38 Å². The second kappa shape index (κ2) is 5.91. The van der Waals surface area contributed by atoms with Gasteiger partial charge in [0, 0.05) is 6.20 Å². The van der Waals surface area contributed by atoms with E-state index in [0.29, 0.717) is 11.5 Å². The fourth-order valence-corrected chi connectivity index (χ4v) is 2.57. The molecule has 23 heavy (non-hydrogen) atoms. The summed E-state index contributed by atoms with van der Waals surface area (Å²) >= 11 is 0. The van der Waals surface area contributed by atoms with E-state index in [-0.39, 0.29) is 11.7 Å². The molecule has 0 unspecified atom stereocenters. The quantitative estimate of drug-likeness (QED) is 0.578. The first-order valence-corrected chi connectivity index (χ1v) is 7.63. The van der Waals surface area contributed by atoms with Crippen molar-refractivity contribution < 1.29 is 4.39 Å². The molecule has 0 atom stereocenters. The third-order valence-corrected chi connectivity index (χ3v) is 3.81. The van der Waals surface area contributed by atoms with E-state index in [0.717, 1.165) is 22.5 Å². The number of halogens is 1. The van der Waals surface area contributed by atoms with Gasteiger partial charge in [-0.05, 0) is 43.0 Å². The normalized spacial score (nSPS) is 11.9. The van der Waals surface area contributed by atoms with Gasteiger partial charge in [-0.1, -0.05) is 32.0 Å². The second-order valence-electron chi connectivity index (χ2n) is 5.99. The first-order valence-electron chi connectivity index (χ1n) is 7.63. The fraction of sp³-hybridized carbons (Fsp3) is 0.278. The Morgan fingerprint density at radius 1 is 1.04 bits per heavy atom. The van der Waals surface area contributed by atoms with Crippen molar-refractivity contribution in [3.05, 3.63) is 59.2 Å². The van der Waals surface area contributed by atoms with E-state index in [2.05, 4.69) is 15.2 Å². The number of benzene rings is 1. The smallest absolute Gasteiger partial charge is 0.183 e. The summed E-state index contributed by atoms with van der Waals surface area (Å²) in [6.45, 7) is 8.07. The van der Waals surface area contributed by atoms with Gasteiger partial charge in [-0.25, -0.2) is 9.37 Å². The van der Waals surface area contributed by atoms with Gasteiger partial charge in [0.25, 0.3) is 0 Å². The Morgan fingerprint density at radius 3 is 2.39 bits per heavy atom. The number of azo groups is 1. The highest BCUT2D eigenvalue weighted by molar-refractivity contribution is 5.55. The molecular formula is C18H19FN4. The summed E-state index contributed by atoms with van der Waals surface area (Å²) in [4.78, 5) is 4.55. The average molecular weight is 310 g/mol. The Morgan fingerprint density at radius 2 is 1.74 bits per heavy atom. The molecule has 0 aliphatic carbocycles. The SMILES string of the molecule is Cc1cccc(C)c1N=Nc1c(C(C)C)nc2ccc(F)cn12. The third kappa shape index (κ3) is 2.86. The van der Waals surface area contributed by atoms with Gasteiger partial charge >= 0.3 is 0 Å². The average Bonchev–Trinajstić information content (AvgIpc) is 2.85. The minimum Gasteiger partial charge on any atom is -0.280 e. The van der Waals surface area contributed by atoms with Crippen molar-refractivity contribution in [2.75, 3.05) is 0 Å². The predicted octanol–water partition coefficient (Wildman–Crippen LogP) is 5.63. The van der Waals surface area contributed by atoms with Crippen LogP contribution in [0.15, 0.2) is 46.8 Å². The molecule has 0 saturated carbocycles. The first-order chi connectivity index (χ1) is 11.0. The lowest BCUT2D eigenvalue weighted by atomic mass is 10.1. The standard InChI is InChI=1S/C18H19FN4/c1-11(2)16-18(23-10-14(19)8-9-15(23)20-16)22-21-17-12(3)6-5-7-13(17)4/h5-11H,1-4H3. The van der Waals surface area contributed by atoms with E-state index in [1.54, 1.807) is 10.5 Å². The molecule has 0 bridgehead atoms.